The second-order valence-corrected chi connectivity index (χ2v) is 5.95. The number of nitrogens with zero attached hydrogens (tertiary/aromatic N) is 2. The summed E-state index contributed by atoms with van der Waals surface area (Å²) in [5, 5.41) is 13.2. The maximum Gasteiger partial charge on any atom is 0.119 e. The highest BCUT2D eigenvalue weighted by Crippen LogP contribution is 2.23. The summed E-state index contributed by atoms with van der Waals surface area (Å²) in [6, 6.07) is 13.5. The Morgan fingerprint density at radius 3 is 2.80 bits per heavy atom. The molecule has 0 aromatic heterocycles. The van der Waals surface area contributed by atoms with Gasteiger partial charge in [0.25, 0.3) is 0 Å². The molecule has 0 spiro atoms. The average molecular weight is 271 g/mol. The molecule has 1 aromatic rings. The van der Waals surface area contributed by atoms with Gasteiger partial charge < -0.3 is 0 Å². The molecule has 0 radical (unpaired) electrons. The van der Waals surface area contributed by atoms with Crippen LogP contribution in [0.25, 0.3) is 0 Å². The molecule has 1 aliphatic rings. The second-order valence-electron chi connectivity index (χ2n) is 5.95. The molecule has 1 heterocycles. The van der Waals surface area contributed by atoms with Crippen molar-refractivity contribution in [1.29, 1.82) is 5.26 Å². The fourth-order valence-electron chi connectivity index (χ4n) is 2.94. The quantitative estimate of drug-likeness (QED) is 0.895. The van der Waals surface area contributed by atoms with Crippen molar-refractivity contribution in [3.05, 3.63) is 35.9 Å². The summed E-state index contributed by atoms with van der Waals surface area (Å²) in [5.74, 6) is 0. The molecule has 0 amide bonds. The Bertz CT molecular complexity index is 451. The first-order valence-corrected chi connectivity index (χ1v) is 7.63. The number of rotatable bonds is 5. The maximum absolute atomic E-state index is 9.63. The van der Waals surface area contributed by atoms with Gasteiger partial charge in [0.2, 0.25) is 0 Å². The van der Waals surface area contributed by atoms with Gasteiger partial charge in [-0.05, 0) is 38.3 Å². The number of likely N-dealkylation sites (tertiary alicyclic amines) is 1. The van der Waals surface area contributed by atoms with Crippen LogP contribution in [0, 0.1) is 11.3 Å². The van der Waals surface area contributed by atoms with Gasteiger partial charge in [0.1, 0.15) is 5.54 Å². The molecule has 2 rings (SSSR count). The minimum atomic E-state index is -0.373. The molecule has 20 heavy (non-hydrogen) atoms. The zero-order valence-corrected chi connectivity index (χ0v) is 12.6. The van der Waals surface area contributed by atoms with E-state index in [1.165, 1.54) is 5.56 Å². The predicted molar refractivity (Wildman–Crippen MR) is 82.2 cm³/mol. The number of nitrogens with one attached hydrogen (secondary N) is 1. The summed E-state index contributed by atoms with van der Waals surface area (Å²) < 4.78 is 0. The van der Waals surface area contributed by atoms with Crippen molar-refractivity contribution in [2.45, 2.75) is 51.2 Å². The van der Waals surface area contributed by atoms with Crippen LogP contribution in [0.3, 0.4) is 0 Å². The van der Waals surface area contributed by atoms with Crippen LogP contribution in [0.4, 0.5) is 0 Å². The van der Waals surface area contributed by atoms with Crippen LogP contribution in [0.1, 0.15) is 38.7 Å². The van der Waals surface area contributed by atoms with Crippen molar-refractivity contribution in [1.82, 2.24) is 10.2 Å². The van der Waals surface area contributed by atoms with Crippen LogP contribution in [-0.2, 0) is 6.54 Å². The zero-order chi connectivity index (χ0) is 14.4. The molecule has 1 fully saturated rings. The smallest absolute Gasteiger partial charge is 0.119 e. The average Bonchev–Trinajstić information content (AvgIpc) is 2.48. The summed E-state index contributed by atoms with van der Waals surface area (Å²) in [7, 11) is 0. The van der Waals surface area contributed by atoms with Crippen molar-refractivity contribution in [2.24, 2.45) is 0 Å². The minimum absolute atomic E-state index is 0.373. The molecule has 0 saturated carbocycles. The van der Waals surface area contributed by atoms with Gasteiger partial charge in [-0.25, -0.2) is 0 Å². The van der Waals surface area contributed by atoms with E-state index in [-0.39, 0.29) is 5.54 Å². The Hall–Kier alpha value is -1.37. The molecular formula is C17H25N3. The standard InChI is InChI=1S/C17H25N3/c1-3-15(2)19-17(13-18)10-7-11-20(14-17)12-16-8-5-4-6-9-16/h4-6,8-9,15,19H,3,7,10-12,14H2,1-2H3. The van der Waals surface area contributed by atoms with Crippen molar-refractivity contribution >= 4 is 0 Å². The van der Waals surface area contributed by atoms with E-state index < -0.39 is 0 Å². The van der Waals surface area contributed by atoms with E-state index in [0.717, 1.165) is 38.9 Å². The molecule has 0 bridgehead atoms. The van der Waals surface area contributed by atoms with E-state index in [9.17, 15) is 5.26 Å². The Morgan fingerprint density at radius 1 is 1.40 bits per heavy atom. The van der Waals surface area contributed by atoms with Crippen molar-refractivity contribution in [3.8, 4) is 6.07 Å². The van der Waals surface area contributed by atoms with Gasteiger partial charge in [0, 0.05) is 19.1 Å². The van der Waals surface area contributed by atoms with Crippen LogP contribution in [0.2, 0.25) is 0 Å². The topological polar surface area (TPSA) is 39.1 Å². The van der Waals surface area contributed by atoms with Gasteiger partial charge in [-0.2, -0.15) is 5.26 Å². The van der Waals surface area contributed by atoms with Gasteiger partial charge in [0.15, 0.2) is 0 Å². The molecule has 108 valence electrons. The van der Waals surface area contributed by atoms with E-state index in [2.05, 4.69) is 54.4 Å². The normalized spacial score (nSPS) is 25.1. The highest BCUT2D eigenvalue weighted by atomic mass is 15.2. The lowest BCUT2D eigenvalue weighted by Crippen LogP contribution is -2.58. The van der Waals surface area contributed by atoms with E-state index >= 15 is 0 Å². The Labute approximate surface area is 122 Å². The van der Waals surface area contributed by atoms with Crippen LogP contribution in [-0.4, -0.2) is 29.6 Å². The molecule has 1 aromatic carbocycles. The number of hydrogen-bond acceptors (Lipinski definition) is 3. The fourth-order valence-corrected chi connectivity index (χ4v) is 2.94. The van der Waals surface area contributed by atoms with Gasteiger partial charge >= 0.3 is 0 Å². The largest absolute Gasteiger partial charge is 0.296 e. The van der Waals surface area contributed by atoms with Crippen molar-refractivity contribution < 1.29 is 0 Å². The van der Waals surface area contributed by atoms with Crippen LogP contribution in [0.5, 0.6) is 0 Å². The van der Waals surface area contributed by atoms with Crippen molar-refractivity contribution in [2.75, 3.05) is 13.1 Å². The van der Waals surface area contributed by atoms with Gasteiger partial charge in [-0.3, -0.25) is 10.2 Å². The Kier molecular flexibility index (Phi) is 5.17. The third kappa shape index (κ3) is 3.82. The molecule has 1 saturated heterocycles. The molecular weight excluding hydrogens is 246 g/mol. The SMILES string of the molecule is CCC(C)NC1(C#N)CCCN(Cc2ccccc2)C1. The monoisotopic (exact) mass is 271 g/mol. The summed E-state index contributed by atoms with van der Waals surface area (Å²) in [5.41, 5.74) is 0.951. The summed E-state index contributed by atoms with van der Waals surface area (Å²) in [6.07, 6.45) is 3.10. The predicted octanol–water partition coefficient (Wildman–Crippen LogP) is 2.93. The molecule has 1 N–H and O–H groups in total. The minimum Gasteiger partial charge on any atom is -0.296 e. The Balaban J connectivity index is 2.01. The highest BCUT2D eigenvalue weighted by Gasteiger charge is 2.36. The lowest BCUT2D eigenvalue weighted by molar-refractivity contribution is 0.140. The molecule has 0 aliphatic carbocycles. The molecule has 1 aliphatic heterocycles. The van der Waals surface area contributed by atoms with Crippen LogP contribution in [0.15, 0.2) is 30.3 Å². The van der Waals surface area contributed by atoms with Gasteiger partial charge in [-0.1, -0.05) is 37.3 Å². The molecule has 2 atom stereocenters. The Morgan fingerprint density at radius 2 is 2.15 bits per heavy atom. The third-order valence-corrected chi connectivity index (χ3v) is 4.17. The lowest BCUT2D eigenvalue weighted by atomic mass is 9.89. The highest BCUT2D eigenvalue weighted by molar-refractivity contribution is 5.16. The summed E-state index contributed by atoms with van der Waals surface area (Å²) in [4.78, 5) is 2.40. The van der Waals surface area contributed by atoms with Gasteiger partial charge in [-0.15, -0.1) is 0 Å². The number of hydrogen-bond donors (Lipinski definition) is 1. The summed E-state index contributed by atoms with van der Waals surface area (Å²) >= 11 is 0. The number of piperidine rings is 1. The first-order chi connectivity index (χ1) is 9.67. The number of benzene rings is 1. The zero-order valence-electron chi connectivity index (χ0n) is 12.6. The summed E-state index contributed by atoms with van der Waals surface area (Å²) in [6.45, 7) is 7.16. The van der Waals surface area contributed by atoms with E-state index in [1.54, 1.807) is 0 Å². The van der Waals surface area contributed by atoms with E-state index in [4.69, 9.17) is 0 Å². The fraction of sp³-hybridized carbons (Fsp3) is 0.588. The first-order valence-electron chi connectivity index (χ1n) is 7.63. The molecule has 2 unspecified atom stereocenters. The maximum atomic E-state index is 9.63. The van der Waals surface area contributed by atoms with Crippen molar-refractivity contribution in [3.63, 3.8) is 0 Å². The lowest BCUT2D eigenvalue weighted by Gasteiger charge is -2.40. The van der Waals surface area contributed by atoms with Crippen LogP contribution >= 0.6 is 0 Å². The molecule has 3 nitrogen and oxygen atoms in total. The van der Waals surface area contributed by atoms with Crippen LogP contribution < -0.4 is 5.32 Å². The third-order valence-electron chi connectivity index (χ3n) is 4.17. The van der Waals surface area contributed by atoms with E-state index in [0.29, 0.717) is 6.04 Å². The first kappa shape index (κ1) is 15.0. The second kappa shape index (κ2) is 6.88. The van der Waals surface area contributed by atoms with Gasteiger partial charge in [0.05, 0.1) is 6.07 Å². The van der Waals surface area contributed by atoms with E-state index in [1.807, 2.05) is 6.07 Å². The number of nitriles is 1. The molecule has 3 heteroatoms.